The van der Waals surface area contributed by atoms with Crippen molar-refractivity contribution >= 4 is 21.6 Å². The third kappa shape index (κ3) is 4.65. The number of carbonyl (C=O) groups is 1. The molecule has 28 heavy (non-hydrogen) atoms. The molecule has 0 saturated heterocycles. The van der Waals surface area contributed by atoms with E-state index in [1.54, 1.807) is 30.3 Å². The fraction of sp³-hybridized carbons (Fsp3) is 0.381. The van der Waals surface area contributed by atoms with Crippen molar-refractivity contribution in [3.63, 3.8) is 0 Å². The van der Waals surface area contributed by atoms with E-state index < -0.39 is 10.0 Å². The topological polar surface area (TPSA) is 75.7 Å². The van der Waals surface area contributed by atoms with Crippen molar-refractivity contribution in [2.75, 3.05) is 18.5 Å². The molecule has 0 radical (unpaired) electrons. The average Bonchev–Trinajstić information content (AvgIpc) is 2.71. The summed E-state index contributed by atoms with van der Waals surface area (Å²) in [5.74, 6) is 0.378. The van der Waals surface area contributed by atoms with E-state index in [-0.39, 0.29) is 16.8 Å². The number of hydrogen-bond donors (Lipinski definition) is 1. The van der Waals surface area contributed by atoms with Crippen LogP contribution in [0.2, 0.25) is 0 Å². The van der Waals surface area contributed by atoms with Crippen LogP contribution >= 0.6 is 0 Å². The van der Waals surface area contributed by atoms with Gasteiger partial charge in [-0.05, 0) is 61.7 Å². The highest BCUT2D eigenvalue weighted by Crippen LogP contribution is 2.27. The summed E-state index contributed by atoms with van der Waals surface area (Å²) < 4.78 is 32.3. The summed E-state index contributed by atoms with van der Waals surface area (Å²) in [6.07, 6.45) is 1.68. The Bertz CT molecular complexity index is 920. The molecule has 152 valence electrons. The van der Waals surface area contributed by atoms with Crippen molar-refractivity contribution in [1.29, 1.82) is 0 Å². The van der Waals surface area contributed by atoms with Gasteiger partial charge in [-0.15, -0.1) is 0 Å². The van der Waals surface area contributed by atoms with Crippen molar-refractivity contribution in [1.82, 2.24) is 5.32 Å². The Labute approximate surface area is 167 Å². The highest BCUT2D eigenvalue weighted by molar-refractivity contribution is 7.92. The molecule has 0 aromatic heterocycles. The van der Waals surface area contributed by atoms with Crippen LogP contribution in [0.1, 0.15) is 42.6 Å². The number of sulfonamides is 1. The molecule has 2 rings (SSSR count). The van der Waals surface area contributed by atoms with E-state index in [1.807, 2.05) is 20.8 Å². The van der Waals surface area contributed by atoms with Gasteiger partial charge in [-0.25, -0.2) is 8.42 Å². The number of hydrogen-bond acceptors (Lipinski definition) is 4. The van der Waals surface area contributed by atoms with Gasteiger partial charge >= 0.3 is 0 Å². The summed E-state index contributed by atoms with van der Waals surface area (Å²) in [5, 5.41) is 2.98. The Balaban J connectivity index is 2.36. The summed E-state index contributed by atoms with van der Waals surface area (Å²) in [7, 11) is -0.753. The van der Waals surface area contributed by atoms with Gasteiger partial charge in [-0.2, -0.15) is 0 Å². The van der Waals surface area contributed by atoms with Gasteiger partial charge in [0, 0.05) is 18.7 Å². The van der Waals surface area contributed by atoms with Gasteiger partial charge in [0.1, 0.15) is 5.75 Å². The summed E-state index contributed by atoms with van der Waals surface area (Å²) in [5.41, 5.74) is 1.66. The smallest absolute Gasteiger partial charge is 0.264 e. The molecule has 0 saturated carbocycles. The third-order valence-corrected chi connectivity index (χ3v) is 6.63. The second kappa shape index (κ2) is 9.10. The highest BCUT2D eigenvalue weighted by atomic mass is 32.2. The molecule has 2 aromatic rings. The molecule has 0 aliphatic carbocycles. The number of amides is 1. The van der Waals surface area contributed by atoms with Crippen LogP contribution in [-0.4, -0.2) is 34.5 Å². The number of ether oxygens (including phenoxy) is 1. The number of nitrogens with one attached hydrogen (secondary N) is 1. The van der Waals surface area contributed by atoms with Gasteiger partial charge in [0.25, 0.3) is 15.9 Å². The van der Waals surface area contributed by atoms with Gasteiger partial charge in [-0.1, -0.05) is 19.9 Å². The normalized spacial score (nSPS) is 11.4. The minimum Gasteiger partial charge on any atom is -0.497 e. The SMILES string of the molecule is CCC(CC)NC(=O)c1ccc(C)c(N(C)S(=O)(=O)c2ccc(OC)cc2)c1. The fourth-order valence-corrected chi connectivity index (χ4v) is 4.14. The Morgan fingerprint density at radius 1 is 1.11 bits per heavy atom. The number of benzene rings is 2. The summed E-state index contributed by atoms with van der Waals surface area (Å²) in [6, 6.07) is 11.4. The first kappa shape index (κ1) is 21.8. The van der Waals surface area contributed by atoms with Crippen LogP contribution < -0.4 is 14.4 Å². The standard InChI is InChI=1S/C21H28N2O4S/c1-6-17(7-2)22-21(24)16-9-8-15(3)20(14-16)23(4)28(25,26)19-12-10-18(27-5)11-13-19/h8-14,17H,6-7H2,1-5H3,(H,22,24). The largest absolute Gasteiger partial charge is 0.497 e. The first-order valence-electron chi connectivity index (χ1n) is 9.29. The first-order valence-corrected chi connectivity index (χ1v) is 10.7. The van der Waals surface area contributed by atoms with Crippen molar-refractivity contribution in [3.8, 4) is 5.75 Å². The third-order valence-electron chi connectivity index (χ3n) is 4.85. The molecule has 0 bridgehead atoms. The minimum atomic E-state index is -3.77. The van der Waals surface area contributed by atoms with Gasteiger partial charge in [-0.3, -0.25) is 9.10 Å². The number of nitrogens with zero attached hydrogens (tertiary/aromatic N) is 1. The maximum Gasteiger partial charge on any atom is 0.264 e. The molecular weight excluding hydrogens is 376 g/mol. The van der Waals surface area contributed by atoms with E-state index in [0.717, 1.165) is 18.4 Å². The molecule has 0 spiro atoms. The quantitative estimate of drug-likeness (QED) is 0.727. The zero-order chi connectivity index (χ0) is 20.9. The molecule has 0 atom stereocenters. The predicted molar refractivity (Wildman–Crippen MR) is 112 cm³/mol. The molecule has 0 aliphatic rings. The average molecular weight is 405 g/mol. The Morgan fingerprint density at radius 3 is 2.25 bits per heavy atom. The highest BCUT2D eigenvalue weighted by Gasteiger charge is 2.23. The van der Waals surface area contributed by atoms with Crippen LogP contribution in [0, 0.1) is 6.92 Å². The second-order valence-corrected chi connectivity index (χ2v) is 8.61. The molecule has 2 aromatic carbocycles. The minimum absolute atomic E-state index is 0.0954. The first-order chi connectivity index (χ1) is 13.2. The van der Waals surface area contributed by atoms with Crippen molar-refractivity contribution in [3.05, 3.63) is 53.6 Å². The lowest BCUT2D eigenvalue weighted by molar-refractivity contribution is 0.0935. The number of methoxy groups -OCH3 is 1. The van der Waals surface area contributed by atoms with Crippen molar-refractivity contribution in [2.45, 2.75) is 44.6 Å². The van der Waals surface area contributed by atoms with Crippen LogP contribution in [-0.2, 0) is 10.0 Å². The maximum absolute atomic E-state index is 13.0. The molecule has 7 heteroatoms. The Morgan fingerprint density at radius 2 is 1.71 bits per heavy atom. The lowest BCUT2D eigenvalue weighted by atomic mass is 10.1. The van der Waals surface area contributed by atoms with E-state index in [1.165, 1.54) is 30.6 Å². The van der Waals surface area contributed by atoms with E-state index >= 15 is 0 Å². The second-order valence-electron chi connectivity index (χ2n) is 6.64. The molecule has 0 aliphatic heterocycles. The van der Waals surface area contributed by atoms with Gasteiger partial charge in [0.2, 0.25) is 0 Å². The lowest BCUT2D eigenvalue weighted by Crippen LogP contribution is -2.34. The van der Waals surface area contributed by atoms with Gasteiger partial charge < -0.3 is 10.1 Å². The Hall–Kier alpha value is -2.54. The summed E-state index contributed by atoms with van der Waals surface area (Å²) in [4.78, 5) is 12.7. The molecule has 0 unspecified atom stereocenters. The zero-order valence-corrected chi connectivity index (χ0v) is 17.8. The zero-order valence-electron chi connectivity index (χ0n) is 17.0. The Kier molecular flexibility index (Phi) is 7.07. The fourth-order valence-electron chi connectivity index (χ4n) is 2.89. The number of anilines is 1. The lowest BCUT2D eigenvalue weighted by Gasteiger charge is -2.22. The predicted octanol–water partition coefficient (Wildman–Crippen LogP) is 3.75. The van der Waals surface area contributed by atoms with Crippen LogP contribution in [0.3, 0.4) is 0 Å². The molecule has 6 nitrogen and oxygen atoms in total. The molecule has 1 N–H and O–H groups in total. The van der Waals surface area contributed by atoms with Crippen LogP contribution in [0.5, 0.6) is 5.75 Å². The van der Waals surface area contributed by atoms with Crippen molar-refractivity contribution < 1.29 is 17.9 Å². The van der Waals surface area contributed by atoms with E-state index in [9.17, 15) is 13.2 Å². The van der Waals surface area contributed by atoms with E-state index in [2.05, 4.69) is 5.32 Å². The van der Waals surface area contributed by atoms with Gasteiger partial charge in [0.15, 0.2) is 0 Å². The van der Waals surface area contributed by atoms with E-state index in [4.69, 9.17) is 4.74 Å². The summed E-state index contributed by atoms with van der Waals surface area (Å²) >= 11 is 0. The monoisotopic (exact) mass is 404 g/mol. The maximum atomic E-state index is 13.0. The van der Waals surface area contributed by atoms with Crippen molar-refractivity contribution in [2.24, 2.45) is 0 Å². The molecule has 1 amide bonds. The van der Waals surface area contributed by atoms with E-state index in [0.29, 0.717) is 17.0 Å². The molecule has 0 heterocycles. The number of aryl methyl sites for hydroxylation is 1. The molecular formula is C21H28N2O4S. The summed E-state index contributed by atoms with van der Waals surface area (Å²) in [6.45, 7) is 5.85. The van der Waals surface area contributed by atoms with Gasteiger partial charge in [0.05, 0.1) is 17.7 Å². The van der Waals surface area contributed by atoms with Crippen LogP contribution in [0.4, 0.5) is 5.69 Å². The number of rotatable bonds is 8. The van der Waals surface area contributed by atoms with Crippen LogP contribution in [0.15, 0.2) is 47.4 Å². The molecule has 0 fully saturated rings. The van der Waals surface area contributed by atoms with Crippen LogP contribution in [0.25, 0.3) is 0 Å². The number of carbonyl (C=O) groups excluding carboxylic acids is 1.